The zero-order valence-electron chi connectivity index (χ0n) is 11.1. The first kappa shape index (κ1) is 15.8. The molecular weight excluding hydrogens is 317 g/mol. The molecular formula is C14H13ClFNO3S. The molecule has 2 rings (SSSR count). The monoisotopic (exact) mass is 329 g/mol. The van der Waals surface area contributed by atoms with Gasteiger partial charge in [-0.3, -0.25) is 4.72 Å². The van der Waals surface area contributed by atoms with Gasteiger partial charge in [0.05, 0.1) is 17.2 Å². The summed E-state index contributed by atoms with van der Waals surface area (Å²) < 4.78 is 40.4. The smallest absolute Gasteiger partial charge is 0.262 e. The van der Waals surface area contributed by atoms with Gasteiger partial charge in [0, 0.05) is 10.6 Å². The third kappa shape index (κ3) is 3.34. The number of anilines is 1. The zero-order valence-corrected chi connectivity index (χ0v) is 12.7. The molecule has 0 saturated heterocycles. The summed E-state index contributed by atoms with van der Waals surface area (Å²) in [7, 11) is -3.99. The molecule has 0 aliphatic heterocycles. The number of para-hydroxylation sites is 1. The molecule has 0 aromatic heterocycles. The number of hydrogen-bond donors (Lipinski definition) is 2. The van der Waals surface area contributed by atoms with Crippen molar-refractivity contribution in [3.05, 3.63) is 58.4 Å². The summed E-state index contributed by atoms with van der Waals surface area (Å²) in [5, 5.41) is 9.47. The van der Waals surface area contributed by atoms with Crippen LogP contribution in [0.3, 0.4) is 0 Å². The molecule has 0 aliphatic rings. The molecule has 0 saturated carbocycles. The predicted molar refractivity (Wildman–Crippen MR) is 79.3 cm³/mol. The van der Waals surface area contributed by atoms with E-state index in [0.29, 0.717) is 5.02 Å². The lowest BCUT2D eigenvalue weighted by Crippen LogP contribution is -2.15. The van der Waals surface area contributed by atoms with E-state index >= 15 is 0 Å². The Balaban J connectivity index is 2.44. The first-order chi connectivity index (χ1) is 9.85. The lowest BCUT2D eigenvalue weighted by atomic mass is 10.2. The van der Waals surface area contributed by atoms with Gasteiger partial charge >= 0.3 is 0 Å². The molecule has 2 aromatic carbocycles. The van der Waals surface area contributed by atoms with Crippen LogP contribution in [0.5, 0.6) is 0 Å². The third-order valence-corrected chi connectivity index (χ3v) is 4.71. The van der Waals surface area contributed by atoms with E-state index in [0.717, 1.165) is 11.6 Å². The van der Waals surface area contributed by atoms with Gasteiger partial charge in [-0.25, -0.2) is 12.8 Å². The van der Waals surface area contributed by atoms with Gasteiger partial charge in [-0.05, 0) is 30.7 Å². The van der Waals surface area contributed by atoms with Crippen LogP contribution < -0.4 is 4.72 Å². The van der Waals surface area contributed by atoms with Crippen molar-refractivity contribution < 1.29 is 17.9 Å². The molecule has 2 N–H and O–H groups in total. The number of nitrogens with one attached hydrogen (secondary N) is 1. The molecule has 0 unspecified atom stereocenters. The van der Waals surface area contributed by atoms with Gasteiger partial charge in [0.2, 0.25) is 0 Å². The average Bonchev–Trinajstić information content (AvgIpc) is 2.43. The van der Waals surface area contributed by atoms with Gasteiger partial charge in [0.25, 0.3) is 10.0 Å². The Labute approximate surface area is 127 Å². The number of rotatable bonds is 4. The van der Waals surface area contributed by atoms with E-state index in [2.05, 4.69) is 4.72 Å². The van der Waals surface area contributed by atoms with Crippen molar-refractivity contribution in [2.24, 2.45) is 0 Å². The van der Waals surface area contributed by atoms with Crippen molar-refractivity contribution in [3.63, 3.8) is 0 Å². The van der Waals surface area contributed by atoms with Gasteiger partial charge in [-0.2, -0.15) is 0 Å². The van der Waals surface area contributed by atoms with Crippen LogP contribution in [0.4, 0.5) is 10.1 Å². The summed E-state index contributed by atoms with van der Waals surface area (Å²) in [6.45, 7) is 1.26. The SMILES string of the molecule is Cc1ccc(S(=O)(=O)Nc2c(F)cccc2CO)cc1Cl. The second kappa shape index (κ2) is 6.01. The highest BCUT2D eigenvalue weighted by Gasteiger charge is 2.19. The number of hydrogen-bond acceptors (Lipinski definition) is 3. The highest BCUT2D eigenvalue weighted by Crippen LogP contribution is 2.25. The Morgan fingerprint density at radius 2 is 2.00 bits per heavy atom. The van der Waals surface area contributed by atoms with E-state index < -0.39 is 22.4 Å². The number of aryl methyl sites for hydroxylation is 1. The van der Waals surface area contributed by atoms with Gasteiger partial charge < -0.3 is 5.11 Å². The summed E-state index contributed by atoms with van der Waals surface area (Å²) in [5.74, 6) is -0.761. The highest BCUT2D eigenvalue weighted by molar-refractivity contribution is 7.92. The fourth-order valence-electron chi connectivity index (χ4n) is 1.75. The lowest BCUT2D eigenvalue weighted by Gasteiger charge is -2.13. The maximum absolute atomic E-state index is 13.8. The van der Waals surface area contributed by atoms with E-state index in [9.17, 15) is 12.8 Å². The van der Waals surface area contributed by atoms with Crippen molar-refractivity contribution >= 4 is 27.3 Å². The number of aliphatic hydroxyl groups is 1. The topological polar surface area (TPSA) is 66.4 Å². The molecule has 2 aromatic rings. The molecule has 7 heteroatoms. The van der Waals surface area contributed by atoms with Gasteiger partial charge in [0.1, 0.15) is 5.82 Å². The summed E-state index contributed by atoms with van der Waals surface area (Å²) in [6, 6.07) is 8.16. The standard InChI is InChI=1S/C14H13ClFNO3S/c1-9-5-6-11(7-12(9)15)21(19,20)17-14-10(8-18)3-2-4-13(14)16/h2-7,17-18H,8H2,1H3. The fraction of sp³-hybridized carbons (Fsp3) is 0.143. The van der Waals surface area contributed by atoms with Crippen LogP contribution in [0.25, 0.3) is 0 Å². The van der Waals surface area contributed by atoms with Crippen molar-refractivity contribution in [2.45, 2.75) is 18.4 Å². The van der Waals surface area contributed by atoms with Gasteiger partial charge in [0.15, 0.2) is 0 Å². The molecule has 0 radical (unpaired) electrons. The largest absolute Gasteiger partial charge is 0.392 e. The number of benzene rings is 2. The normalized spacial score (nSPS) is 11.4. The quantitative estimate of drug-likeness (QED) is 0.906. The number of halogens is 2. The third-order valence-electron chi connectivity index (χ3n) is 2.96. The fourth-order valence-corrected chi connectivity index (χ4v) is 3.13. The minimum Gasteiger partial charge on any atom is -0.392 e. The first-order valence-electron chi connectivity index (χ1n) is 6.02. The van der Waals surface area contributed by atoms with Crippen molar-refractivity contribution in [1.82, 2.24) is 0 Å². The first-order valence-corrected chi connectivity index (χ1v) is 7.88. The van der Waals surface area contributed by atoms with Crippen LogP contribution in [0.2, 0.25) is 5.02 Å². The van der Waals surface area contributed by atoms with E-state index in [1.54, 1.807) is 13.0 Å². The number of sulfonamides is 1. The molecule has 21 heavy (non-hydrogen) atoms. The summed E-state index contributed by atoms with van der Waals surface area (Å²) in [5.41, 5.74) is 0.617. The van der Waals surface area contributed by atoms with Crippen molar-refractivity contribution in [1.29, 1.82) is 0 Å². The molecule has 0 aliphatic carbocycles. The second-order valence-electron chi connectivity index (χ2n) is 4.45. The van der Waals surface area contributed by atoms with Crippen LogP contribution in [-0.4, -0.2) is 13.5 Å². The van der Waals surface area contributed by atoms with E-state index in [1.807, 2.05) is 0 Å². The van der Waals surface area contributed by atoms with Crippen molar-refractivity contribution in [2.75, 3.05) is 4.72 Å². The van der Waals surface area contributed by atoms with Gasteiger partial charge in [-0.1, -0.05) is 29.8 Å². The zero-order chi connectivity index (χ0) is 15.6. The molecule has 112 valence electrons. The molecule has 0 heterocycles. The summed E-state index contributed by atoms with van der Waals surface area (Å²) in [4.78, 5) is -0.0785. The predicted octanol–water partition coefficient (Wildman–Crippen LogP) is 3.08. The van der Waals surface area contributed by atoms with Crippen LogP contribution in [-0.2, 0) is 16.6 Å². The molecule has 0 spiro atoms. The minimum atomic E-state index is -3.99. The van der Waals surface area contributed by atoms with Crippen LogP contribution in [0.15, 0.2) is 41.3 Å². The van der Waals surface area contributed by atoms with E-state index in [1.165, 1.54) is 24.3 Å². The maximum Gasteiger partial charge on any atom is 0.262 e. The molecule has 4 nitrogen and oxygen atoms in total. The van der Waals surface area contributed by atoms with E-state index in [4.69, 9.17) is 16.7 Å². The average molecular weight is 330 g/mol. The Bertz CT molecular complexity index is 778. The van der Waals surface area contributed by atoms with Crippen molar-refractivity contribution in [3.8, 4) is 0 Å². The Morgan fingerprint density at radius 3 is 2.62 bits per heavy atom. The highest BCUT2D eigenvalue weighted by atomic mass is 35.5. The Kier molecular flexibility index (Phi) is 4.51. The molecule has 0 atom stereocenters. The lowest BCUT2D eigenvalue weighted by molar-refractivity contribution is 0.282. The number of aliphatic hydroxyl groups excluding tert-OH is 1. The Morgan fingerprint density at radius 1 is 1.29 bits per heavy atom. The molecule has 0 fully saturated rings. The van der Waals surface area contributed by atoms with Crippen LogP contribution in [0.1, 0.15) is 11.1 Å². The van der Waals surface area contributed by atoms with Crippen LogP contribution >= 0.6 is 11.6 Å². The molecule has 0 amide bonds. The minimum absolute atomic E-state index is 0.0785. The summed E-state index contributed by atoms with van der Waals surface area (Å²) >= 11 is 5.91. The van der Waals surface area contributed by atoms with Crippen LogP contribution in [0, 0.1) is 12.7 Å². The summed E-state index contributed by atoms with van der Waals surface area (Å²) in [6.07, 6.45) is 0. The van der Waals surface area contributed by atoms with E-state index in [-0.39, 0.29) is 16.1 Å². The Hall–Kier alpha value is -1.63. The maximum atomic E-state index is 13.8. The second-order valence-corrected chi connectivity index (χ2v) is 6.54. The molecule has 0 bridgehead atoms. The van der Waals surface area contributed by atoms with Gasteiger partial charge in [-0.15, -0.1) is 0 Å².